The van der Waals surface area contributed by atoms with Crippen molar-refractivity contribution >= 4 is 0 Å². The molecular formula is C15H11F3N4O. The summed E-state index contributed by atoms with van der Waals surface area (Å²) in [6, 6.07) is 9.69. The van der Waals surface area contributed by atoms with E-state index in [0.29, 0.717) is 11.4 Å². The van der Waals surface area contributed by atoms with E-state index in [0.717, 1.165) is 16.3 Å². The molecule has 2 heterocycles. The molecule has 2 aromatic heterocycles. The second-order valence-corrected chi connectivity index (χ2v) is 4.61. The molecule has 5 nitrogen and oxygen atoms in total. The van der Waals surface area contributed by atoms with E-state index in [1.54, 1.807) is 37.4 Å². The van der Waals surface area contributed by atoms with Gasteiger partial charge < -0.3 is 4.74 Å². The maximum absolute atomic E-state index is 12.6. The number of aromatic nitrogens is 4. The monoisotopic (exact) mass is 320 g/mol. The molecule has 3 rings (SSSR count). The summed E-state index contributed by atoms with van der Waals surface area (Å²) in [4.78, 5) is 8.21. The van der Waals surface area contributed by atoms with Crippen molar-refractivity contribution in [3.05, 3.63) is 54.5 Å². The van der Waals surface area contributed by atoms with Crippen molar-refractivity contribution in [1.29, 1.82) is 0 Å². The van der Waals surface area contributed by atoms with Gasteiger partial charge in [-0.25, -0.2) is 14.6 Å². The Morgan fingerprint density at radius 2 is 1.78 bits per heavy atom. The third-order valence-corrected chi connectivity index (χ3v) is 3.11. The third-order valence-electron chi connectivity index (χ3n) is 3.11. The SMILES string of the molecule is COc1ccc(-c2ccnc(-n3ccc(C(F)(F)F)n3)n2)cc1. The molecule has 0 aliphatic carbocycles. The van der Waals surface area contributed by atoms with E-state index in [1.807, 2.05) is 0 Å². The molecular weight excluding hydrogens is 309 g/mol. The van der Waals surface area contributed by atoms with Gasteiger partial charge in [0, 0.05) is 18.0 Å². The molecule has 118 valence electrons. The van der Waals surface area contributed by atoms with Crippen LogP contribution >= 0.6 is 0 Å². The number of benzene rings is 1. The molecule has 0 fully saturated rings. The molecule has 0 aliphatic rings. The van der Waals surface area contributed by atoms with Crippen molar-refractivity contribution in [2.45, 2.75) is 6.18 Å². The van der Waals surface area contributed by atoms with E-state index in [4.69, 9.17) is 4.74 Å². The number of hydrogen-bond acceptors (Lipinski definition) is 4. The first-order valence-electron chi connectivity index (χ1n) is 6.58. The van der Waals surface area contributed by atoms with Gasteiger partial charge in [0.15, 0.2) is 5.69 Å². The zero-order chi connectivity index (χ0) is 16.4. The smallest absolute Gasteiger partial charge is 0.435 e. The van der Waals surface area contributed by atoms with Crippen molar-refractivity contribution in [2.24, 2.45) is 0 Å². The second kappa shape index (κ2) is 5.71. The Balaban J connectivity index is 1.94. The normalized spacial score (nSPS) is 11.5. The molecule has 23 heavy (non-hydrogen) atoms. The quantitative estimate of drug-likeness (QED) is 0.742. The first-order valence-corrected chi connectivity index (χ1v) is 6.58. The average Bonchev–Trinajstić information content (AvgIpc) is 3.05. The Bertz CT molecular complexity index is 812. The fourth-order valence-corrected chi connectivity index (χ4v) is 1.97. The Morgan fingerprint density at radius 3 is 2.39 bits per heavy atom. The van der Waals surface area contributed by atoms with Crippen LogP contribution in [-0.4, -0.2) is 26.9 Å². The summed E-state index contributed by atoms with van der Waals surface area (Å²) < 4.78 is 43.9. The molecule has 8 heteroatoms. The maximum Gasteiger partial charge on any atom is 0.435 e. The molecule has 1 aromatic carbocycles. The largest absolute Gasteiger partial charge is 0.497 e. The average molecular weight is 320 g/mol. The van der Waals surface area contributed by atoms with Gasteiger partial charge in [-0.1, -0.05) is 0 Å². The predicted octanol–water partition coefficient (Wildman–Crippen LogP) is 3.36. The lowest BCUT2D eigenvalue weighted by molar-refractivity contribution is -0.141. The Morgan fingerprint density at radius 1 is 1.04 bits per heavy atom. The van der Waals surface area contributed by atoms with E-state index >= 15 is 0 Å². The van der Waals surface area contributed by atoms with Crippen LogP contribution in [0.15, 0.2) is 48.8 Å². The van der Waals surface area contributed by atoms with Crippen molar-refractivity contribution in [3.63, 3.8) is 0 Å². The van der Waals surface area contributed by atoms with Crippen LogP contribution in [0.5, 0.6) is 5.75 Å². The van der Waals surface area contributed by atoms with Gasteiger partial charge in [-0.15, -0.1) is 0 Å². The summed E-state index contributed by atoms with van der Waals surface area (Å²) in [6.45, 7) is 0. The number of methoxy groups -OCH3 is 1. The predicted molar refractivity (Wildman–Crippen MR) is 76.1 cm³/mol. The Hall–Kier alpha value is -2.90. The van der Waals surface area contributed by atoms with Crippen molar-refractivity contribution < 1.29 is 17.9 Å². The van der Waals surface area contributed by atoms with Crippen LogP contribution in [0.1, 0.15) is 5.69 Å². The fraction of sp³-hybridized carbons (Fsp3) is 0.133. The molecule has 0 radical (unpaired) electrons. The first kappa shape index (κ1) is 15.0. The Labute approximate surface area is 129 Å². The summed E-state index contributed by atoms with van der Waals surface area (Å²) in [7, 11) is 1.56. The number of hydrogen-bond donors (Lipinski definition) is 0. The van der Waals surface area contributed by atoms with Crippen LogP contribution < -0.4 is 4.74 Å². The van der Waals surface area contributed by atoms with Crippen LogP contribution in [-0.2, 0) is 6.18 Å². The highest BCUT2D eigenvalue weighted by Crippen LogP contribution is 2.27. The second-order valence-electron chi connectivity index (χ2n) is 4.61. The van der Waals surface area contributed by atoms with E-state index in [-0.39, 0.29) is 5.95 Å². The van der Waals surface area contributed by atoms with Crippen molar-refractivity contribution in [1.82, 2.24) is 19.7 Å². The minimum absolute atomic E-state index is 0.0637. The lowest BCUT2D eigenvalue weighted by Crippen LogP contribution is -2.08. The number of alkyl halides is 3. The molecule has 0 aliphatic heterocycles. The van der Waals surface area contributed by atoms with Gasteiger partial charge >= 0.3 is 6.18 Å². The van der Waals surface area contributed by atoms with Gasteiger partial charge in [-0.2, -0.15) is 18.3 Å². The zero-order valence-corrected chi connectivity index (χ0v) is 11.9. The molecule has 0 saturated heterocycles. The molecule has 0 spiro atoms. The highest BCUT2D eigenvalue weighted by Gasteiger charge is 2.33. The zero-order valence-electron chi connectivity index (χ0n) is 11.9. The molecule has 0 unspecified atom stereocenters. The fourth-order valence-electron chi connectivity index (χ4n) is 1.97. The lowest BCUT2D eigenvalue weighted by Gasteiger charge is -2.05. The summed E-state index contributed by atoms with van der Waals surface area (Å²) in [5, 5.41) is 3.46. The highest BCUT2D eigenvalue weighted by atomic mass is 19.4. The number of nitrogens with zero attached hydrogens (tertiary/aromatic N) is 4. The summed E-state index contributed by atoms with van der Waals surface area (Å²) in [5.41, 5.74) is 0.371. The minimum Gasteiger partial charge on any atom is -0.497 e. The Kier molecular flexibility index (Phi) is 3.73. The van der Waals surface area contributed by atoms with Gasteiger partial charge in [-0.05, 0) is 36.4 Å². The standard InChI is InChI=1S/C15H11F3N4O/c1-23-11-4-2-10(3-5-11)12-6-8-19-14(20-12)22-9-7-13(21-22)15(16,17)18/h2-9H,1H3. The summed E-state index contributed by atoms with van der Waals surface area (Å²) >= 11 is 0. The first-order chi connectivity index (χ1) is 11.0. The molecule has 0 bridgehead atoms. The maximum atomic E-state index is 12.6. The van der Waals surface area contributed by atoms with Crippen LogP contribution in [0.2, 0.25) is 0 Å². The molecule has 0 saturated carbocycles. The topological polar surface area (TPSA) is 52.8 Å². The molecule has 0 atom stereocenters. The van der Waals surface area contributed by atoms with Gasteiger partial charge in [0.25, 0.3) is 5.95 Å². The van der Waals surface area contributed by atoms with Crippen LogP contribution in [0.25, 0.3) is 17.2 Å². The molecule has 0 N–H and O–H groups in total. The van der Waals surface area contributed by atoms with Crippen LogP contribution in [0.4, 0.5) is 13.2 Å². The number of rotatable bonds is 3. The lowest BCUT2D eigenvalue weighted by atomic mass is 10.1. The number of halogens is 3. The highest BCUT2D eigenvalue weighted by molar-refractivity contribution is 5.60. The van der Waals surface area contributed by atoms with Gasteiger partial charge in [-0.3, -0.25) is 0 Å². The van der Waals surface area contributed by atoms with E-state index in [2.05, 4.69) is 15.1 Å². The third kappa shape index (κ3) is 3.15. The minimum atomic E-state index is -4.50. The van der Waals surface area contributed by atoms with E-state index in [9.17, 15) is 13.2 Å². The summed E-state index contributed by atoms with van der Waals surface area (Å²) in [5.74, 6) is 0.763. The number of ether oxygens (including phenoxy) is 1. The van der Waals surface area contributed by atoms with Gasteiger partial charge in [0.05, 0.1) is 12.8 Å². The van der Waals surface area contributed by atoms with Gasteiger partial charge in [0.2, 0.25) is 0 Å². The molecule has 0 amide bonds. The molecule has 3 aromatic rings. The van der Waals surface area contributed by atoms with Gasteiger partial charge in [0.1, 0.15) is 5.75 Å². The summed E-state index contributed by atoms with van der Waals surface area (Å²) in [6.07, 6.45) is -1.86. The van der Waals surface area contributed by atoms with E-state index < -0.39 is 11.9 Å². The van der Waals surface area contributed by atoms with Crippen molar-refractivity contribution in [2.75, 3.05) is 7.11 Å². The van der Waals surface area contributed by atoms with Crippen molar-refractivity contribution in [3.8, 4) is 23.0 Å². The van der Waals surface area contributed by atoms with Crippen LogP contribution in [0, 0.1) is 0 Å². The van der Waals surface area contributed by atoms with Crippen LogP contribution in [0.3, 0.4) is 0 Å². The van der Waals surface area contributed by atoms with E-state index in [1.165, 1.54) is 12.4 Å².